The first kappa shape index (κ1) is 19.5. The third-order valence-corrected chi connectivity index (χ3v) is 4.99. The molecule has 10 nitrogen and oxygen atoms in total. The summed E-state index contributed by atoms with van der Waals surface area (Å²) in [5.74, 6) is -1.21. The van der Waals surface area contributed by atoms with Crippen molar-refractivity contribution in [3.63, 3.8) is 0 Å². The van der Waals surface area contributed by atoms with Gasteiger partial charge in [0.2, 0.25) is 5.69 Å². The van der Waals surface area contributed by atoms with E-state index >= 15 is 0 Å². The second kappa shape index (κ2) is 8.65. The lowest BCUT2D eigenvalue weighted by Gasteiger charge is -2.34. The van der Waals surface area contributed by atoms with E-state index in [1.807, 2.05) is 6.07 Å². The van der Waals surface area contributed by atoms with Gasteiger partial charge < -0.3 is 15.0 Å². The highest BCUT2D eigenvalue weighted by atomic mass is 16.5. The van der Waals surface area contributed by atoms with Gasteiger partial charge in [-0.25, -0.2) is 14.8 Å². The lowest BCUT2D eigenvalue weighted by Crippen LogP contribution is -2.59. The molecular formula is C18H22N6O4. The van der Waals surface area contributed by atoms with E-state index in [-0.39, 0.29) is 30.3 Å². The summed E-state index contributed by atoms with van der Waals surface area (Å²) in [6.07, 6.45) is 5.45. The van der Waals surface area contributed by atoms with Gasteiger partial charge in [-0.2, -0.15) is 5.26 Å². The molecule has 3 rings (SSSR count). The van der Waals surface area contributed by atoms with Crippen LogP contribution in [0.25, 0.3) is 0 Å². The van der Waals surface area contributed by atoms with Gasteiger partial charge in [0, 0.05) is 38.1 Å². The first-order valence-corrected chi connectivity index (χ1v) is 9.32. The second-order valence-electron chi connectivity index (χ2n) is 6.70. The molecule has 1 aromatic rings. The molecule has 28 heavy (non-hydrogen) atoms. The van der Waals surface area contributed by atoms with Crippen molar-refractivity contribution in [3.8, 4) is 11.9 Å². The molecule has 0 bridgehead atoms. The van der Waals surface area contributed by atoms with Crippen molar-refractivity contribution in [2.45, 2.75) is 44.8 Å². The number of amides is 4. The van der Waals surface area contributed by atoms with E-state index in [1.165, 1.54) is 17.3 Å². The fraction of sp³-hybridized carbons (Fsp3) is 0.556. The van der Waals surface area contributed by atoms with Gasteiger partial charge in [0.25, 0.3) is 5.88 Å². The standard InChI is InChI=1S/C18H22N6O4/c1-2-23-9-10-24(17(26)16(23)25)18(27)22-12-3-5-13(6-4-12)28-15-14(11-19)20-7-8-21-15/h7-8,12-13H,2-6,9-10H2,1H3,(H,22,27). The van der Waals surface area contributed by atoms with Gasteiger partial charge in [0.15, 0.2) is 0 Å². The minimum atomic E-state index is -0.783. The van der Waals surface area contributed by atoms with Crippen LogP contribution < -0.4 is 10.1 Å². The van der Waals surface area contributed by atoms with Crippen LogP contribution in [0.5, 0.6) is 5.88 Å². The normalized spacial score (nSPS) is 22.6. The van der Waals surface area contributed by atoms with Gasteiger partial charge in [-0.1, -0.05) is 0 Å². The number of likely N-dealkylation sites (N-methyl/N-ethyl adjacent to an activating group) is 1. The quantitative estimate of drug-likeness (QED) is 0.743. The zero-order valence-corrected chi connectivity index (χ0v) is 15.6. The van der Waals surface area contributed by atoms with E-state index < -0.39 is 17.8 Å². The van der Waals surface area contributed by atoms with E-state index in [1.54, 1.807) is 6.92 Å². The summed E-state index contributed by atoms with van der Waals surface area (Å²) in [5.41, 5.74) is 0.146. The Bertz CT molecular complexity index is 800. The zero-order chi connectivity index (χ0) is 20.1. The molecule has 10 heteroatoms. The molecule has 0 unspecified atom stereocenters. The van der Waals surface area contributed by atoms with Crippen LogP contribution in [0, 0.1) is 11.3 Å². The number of nitriles is 1. The minimum Gasteiger partial charge on any atom is -0.472 e. The number of aromatic nitrogens is 2. The number of nitrogens with one attached hydrogen (secondary N) is 1. The predicted octanol–water partition coefficient (Wildman–Crippen LogP) is 0.439. The first-order chi connectivity index (χ1) is 13.5. The van der Waals surface area contributed by atoms with Crippen molar-refractivity contribution in [1.29, 1.82) is 5.26 Å². The van der Waals surface area contributed by atoms with Gasteiger partial charge in [0.05, 0.1) is 0 Å². The fourth-order valence-electron chi connectivity index (χ4n) is 3.39. The number of urea groups is 1. The molecule has 2 heterocycles. The SMILES string of the molecule is CCN1CCN(C(=O)NC2CCC(Oc3nccnc3C#N)CC2)C(=O)C1=O. The monoisotopic (exact) mass is 386 g/mol. The number of carbonyl (C=O) groups excluding carboxylic acids is 3. The van der Waals surface area contributed by atoms with Crippen molar-refractivity contribution in [2.24, 2.45) is 0 Å². The largest absolute Gasteiger partial charge is 0.472 e. The molecule has 2 aliphatic rings. The van der Waals surface area contributed by atoms with Crippen molar-refractivity contribution < 1.29 is 19.1 Å². The summed E-state index contributed by atoms with van der Waals surface area (Å²) in [4.78, 5) is 46.8. The second-order valence-corrected chi connectivity index (χ2v) is 6.70. The number of hydrogen-bond acceptors (Lipinski definition) is 7. The molecule has 0 aromatic carbocycles. The summed E-state index contributed by atoms with van der Waals surface area (Å²) in [5, 5.41) is 11.9. The average Bonchev–Trinajstić information content (AvgIpc) is 2.71. The summed E-state index contributed by atoms with van der Waals surface area (Å²) < 4.78 is 5.78. The maximum absolute atomic E-state index is 12.4. The van der Waals surface area contributed by atoms with Gasteiger partial charge in [-0.15, -0.1) is 0 Å². The summed E-state index contributed by atoms with van der Waals surface area (Å²) in [6, 6.07) is 1.32. The van der Waals surface area contributed by atoms with Gasteiger partial charge >= 0.3 is 17.8 Å². The number of rotatable bonds is 4. The molecule has 1 saturated carbocycles. The van der Waals surface area contributed by atoms with Crippen LogP contribution in [0.4, 0.5) is 4.79 Å². The minimum absolute atomic E-state index is 0.100. The summed E-state index contributed by atoms with van der Waals surface area (Å²) >= 11 is 0. The Hall–Kier alpha value is -3.22. The molecule has 0 radical (unpaired) electrons. The molecule has 2 fully saturated rings. The highest BCUT2D eigenvalue weighted by Crippen LogP contribution is 2.24. The van der Waals surface area contributed by atoms with Crippen LogP contribution >= 0.6 is 0 Å². The van der Waals surface area contributed by atoms with Crippen molar-refractivity contribution in [1.82, 2.24) is 25.1 Å². The molecule has 0 spiro atoms. The molecular weight excluding hydrogens is 364 g/mol. The Labute approximate surface area is 162 Å². The smallest absolute Gasteiger partial charge is 0.324 e. The third kappa shape index (κ3) is 4.19. The number of imide groups is 1. The lowest BCUT2D eigenvalue weighted by molar-refractivity contribution is -0.153. The molecule has 1 N–H and O–H groups in total. The van der Waals surface area contributed by atoms with Crippen LogP contribution in [0.1, 0.15) is 38.3 Å². The molecule has 0 atom stereocenters. The molecule has 1 saturated heterocycles. The van der Waals surface area contributed by atoms with Crippen molar-refractivity contribution in [3.05, 3.63) is 18.1 Å². The highest BCUT2D eigenvalue weighted by molar-refractivity contribution is 6.38. The van der Waals surface area contributed by atoms with Crippen molar-refractivity contribution in [2.75, 3.05) is 19.6 Å². The molecule has 1 aliphatic carbocycles. The Kier molecular flexibility index (Phi) is 6.03. The van der Waals surface area contributed by atoms with E-state index in [9.17, 15) is 14.4 Å². The molecule has 148 valence electrons. The fourth-order valence-corrected chi connectivity index (χ4v) is 3.39. The number of nitrogens with zero attached hydrogens (tertiary/aromatic N) is 5. The molecule has 4 amide bonds. The van der Waals surface area contributed by atoms with E-state index in [0.717, 1.165) is 4.90 Å². The van der Waals surface area contributed by atoms with E-state index in [0.29, 0.717) is 38.8 Å². The molecule has 1 aliphatic heterocycles. The maximum Gasteiger partial charge on any atom is 0.324 e. The average molecular weight is 386 g/mol. The first-order valence-electron chi connectivity index (χ1n) is 9.32. The van der Waals surface area contributed by atoms with Gasteiger partial charge in [-0.3, -0.25) is 14.5 Å². The molecule has 1 aromatic heterocycles. The van der Waals surface area contributed by atoms with Gasteiger partial charge in [0.1, 0.15) is 12.2 Å². The topological polar surface area (TPSA) is 129 Å². The summed E-state index contributed by atoms with van der Waals surface area (Å²) in [7, 11) is 0. The van der Waals surface area contributed by atoms with Crippen LogP contribution in [0.15, 0.2) is 12.4 Å². The van der Waals surface area contributed by atoms with Crippen molar-refractivity contribution >= 4 is 17.8 Å². The Morgan fingerprint density at radius 3 is 2.61 bits per heavy atom. The Balaban J connectivity index is 1.49. The van der Waals surface area contributed by atoms with Crippen LogP contribution in [-0.4, -0.2) is 69.4 Å². The van der Waals surface area contributed by atoms with E-state index in [2.05, 4.69) is 15.3 Å². The lowest BCUT2D eigenvalue weighted by atomic mass is 9.93. The van der Waals surface area contributed by atoms with Crippen LogP contribution in [0.2, 0.25) is 0 Å². The van der Waals surface area contributed by atoms with Gasteiger partial charge in [-0.05, 0) is 32.6 Å². The summed E-state index contributed by atoms with van der Waals surface area (Å²) in [6.45, 7) is 2.80. The number of piperazine rings is 1. The highest BCUT2D eigenvalue weighted by Gasteiger charge is 2.36. The number of hydrogen-bond donors (Lipinski definition) is 1. The van der Waals surface area contributed by atoms with Crippen LogP contribution in [0.3, 0.4) is 0 Å². The Morgan fingerprint density at radius 1 is 1.21 bits per heavy atom. The third-order valence-electron chi connectivity index (χ3n) is 4.99. The van der Waals surface area contributed by atoms with E-state index in [4.69, 9.17) is 10.00 Å². The number of carbonyl (C=O) groups is 3. The van der Waals surface area contributed by atoms with Crippen LogP contribution in [-0.2, 0) is 9.59 Å². The zero-order valence-electron chi connectivity index (χ0n) is 15.6. The number of ether oxygens (including phenoxy) is 1. The maximum atomic E-state index is 12.4. The Morgan fingerprint density at radius 2 is 1.93 bits per heavy atom. The predicted molar refractivity (Wildman–Crippen MR) is 95.9 cm³/mol.